The second-order valence-electron chi connectivity index (χ2n) is 5.05. The molecular formula is C18H14N2. The topological polar surface area (TPSA) is 24.9 Å². The van der Waals surface area contributed by atoms with Crippen LogP contribution in [0.5, 0.6) is 0 Å². The number of nitrogens with zero attached hydrogens (tertiary/aromatic N) is 1. The number of para-hydroxylation sites is 1. The van der Waals surface area contributed by atoms with Gasteiger partial charge >= 0.3 is 0 Å². The van der Waals surface area contributed by atoms with Gasteiger partial charge in [0.05, 0.1) is 5.69 Å². The lowest BCUT2D eigenvalue weighted by Gasteiger charge is -2.21. The van der Waals surface area contributed by atoms with E-state index in [1.54, 1.807) is 0 Å². The van der Waals surface area contributed by atoms with Crippen LogP contribution in [0.1, 0.15) is 11.1 Å². The molecule has 1 aromatic heterocycles. The second kappa shape index (κ2) is 4.49. The van der Waals surface area contributed by atoms with E-state index in [1.807, 2.05) is 24.4 Å². The van der Waals surface area contributed by atoms with Gasteiger partial charge in [0.1, 0.15) is 0 Å². The van der Waals surface area contributed by atoms with E-state index in [0.29, 0.717) is 0 Å². The van der Waals surface area contributed by atoms with Gasteiger partial charge in [-0.2, -0.15) is 0 Å². The average Bonchev–Trinajstić information content (AvgIpc) is 2.53. The first-order valence-corrected chi connectivity index (χ1v) is 6.79. The van der Waals surface area contributed by atoms with Crippen LogP contribution in [0, 0.1) is 0 Å². The van der Waals surface area contributed by atoms with Crippen LogP contribution < -0.4 is 5.32 Å². The first-order valence-electron chi connectivity index (χ1n) is 6.79. The Morgan fingerprint density at radius 2 is 1.60 bits per heavy atom. The molecule has 0 spiro atoms. The van der Waals surface area contributed by atoms with E-state index < -0.39 is 0 Å². The van der Waals surface area contributed by atoms with Crippen molar-refractivity contribution in [3.8, 4) is 11.3 Å². The Morgan fingerprint density at radius 1 is 0.800 bits per heavy atom. The van der Waals surface area contributed by atoms with Gasteiger partial charge in [-0.1, -0.05) is 48.5 Å². The minimum Gasteiger partial charge on any atom is -0.355 e. The van der Waals surface area contributed by atoms with Crippen molar-refractivity contribution < 1.29 is 0 Å². The third kappa shape index (κ3) is 1.86. The van der Waals surface area contributed by atoms with Gasteiger partial charge in [-0.15, -0.1) is 0 Å². The molecule has 1 N–H and O–H groups in total. The molecule has 2 aromatic carbocycles. The fourth-order valence-corrected chi connectivity index (χ4v) is 2.65. The van der Waals surface area contributed by atoms with Crippen LogP contribution in [-0.4, -0.2) is 4.98 Å². The normalized spacial score (nSPS) is 12.2. The van der Waals surface area contributed by atoms with Gasteiger partial charge in [-0.3, -0.25) is 4.98 Å². The maximum Gasteiger partial charge on any atom is 0.0722 e. The fraction of sp³-hybridized carbons (Fsp3) is 0.0556. The molecule has 96 valence electrons. The summed E-state index contributed by atoms with van der Waals surface area (Å²) in [6.45, 7) is 0. The third-order valence-corrected chi connectivity index (χ3v) is 3.72. The molecule has 0 bridgehead atoms. The van der Waals surface area contributed by atoms with Gasteiger partial charge in [0.2, 0.25) is 0 Å². The van der Waals surface area contributed by atoms with Crippen molar-refractivity contribution in [2.45, 2.75) is 6.42 Å². The molecule has 0 aliphatic carbocycles. The highest BCUT2D eigenvalue weighted by atomic mass is 14.9. The lowest BCUT2D eigenvalue weighted by atomic mass is 9.98. The molecule has 2 heteroatoms. The highest BCUT2D eigenvalue weighted by Gasteiger charge is 2.15. The van der Waals surface area contributed by atoms with E-state index in [9.17, 15) is 0 Å². The minimum absolute atomic E-state index is 0.945. The van der Waals surface area contributed by atoms with E-state index in [1.165, 1.54) is 16.8 Å². The van der Waals surface area contributed by atoms with Crippen molar-refractivity contribution in [2.24, 2.45) is 0 Å². The zero-order valence-corrected chi connectivity index (χ0v) is 11.0. The first kappa shape index (κ1) is 11.2. The maximum absolute atomic E-state index is 4.60. The van der Waals surface area contributed by atoms with E-state index in [2.05, 4.69) is 52.8 Å². The molecule has 2 nitrogen and oxygen atoms in total. The van der Waals surface area contributed by atoms with Crippen LogP contribution in [-0.2, 0) is 6.42 Å². The van der Waals surface area contributed by atoms with Crippen molar-refractivity contribution in [2.75, 3.05) is 5.32 Å². The van der Waals surface area contributed by atoms with Gasteiger partial charge in [0.15, 0.2) is 0 Å². The molecule has 0 saturated carbocycles. The predicted octanol–water partition coefficient (Wildman–Crippen LogP) is 4.40. The van der Waals surface area contributed by atoms with Crippen LogP contribution in [0.25, 0.3) is 11.3 Å². The van der Waals surface area contributed by atoms with Crippen LogP contribution in [0.4, 0.5) is 11.4 Å². The number of anilines is 2. The Morgan fingerprint density at radius 3 is 2.50 bits per heavy atom. The molecule has 1 aliphatic heterocycles. The Hall–Kier alpha value is -2.61. The SMILES string of the molecule is c1ccc(-c2cc3c(cn2)Cc2ccccc2N3)cc1. The largest absolute Gasteiger partial charge is 0.355 e. The molecular weight excluding hydrogens is 244 g/mol. The Labute approximate surface area is 118 Å². The van der Waals surface area contributed by atoms with Gasteiger partial charge in [-0.05, 0) is 23.3 Å². The summed E-state index contributed by atoms with van der Waals surface area (Å²) in [7, 11) is 0. The molecule has 0 radical (unpaired) electrons. The first-order chi connectivity index (χ1) is 9.90. The smallest absolute Gasteiger partial charge is 0.0722 e. The van der Waals surface area contributed by atoms with Crippen LogP contribution >= 0.6 is 0 Å². The van der Waals surface area contributed by atoms with Crippen molar-refractivity contribution in [3.63, 3.8) is 0 Å². The molecule has 0 fully saturated rings. The Balaban J connectivity index is 1.77. The summed E-state index contributed by atoms with van der Waals surface area (Å²) >= 11 is 0. The molecule has 2 heterocycles. The highest BCUT2D eigenvalue weighted by Crippen LogP contribution is 2.34. The van der Waals surface area contributed by atoms with Gasteiger partial charge in [-0.25, -0.2) is 0 Å². The molecule has 0 amide bonds. The van der Waals surface area contributed by atoms with Crippen molar-refractivity contribution >= 4 is 11.4 Å². The van der Waals surface area contributed by atoms with E-state index >= 15 is 0 Å². The van der Waals surface area contributed by atoms with E-state index in [-0.39, 0.29) is 0 Å². The fourth-order valence-electron chi connectivity index (χ4n) is 2.65. The summed E-state index contributed by atoms with van der Waals surface area (Å²) in [4.78, 5) is 4.60. The molecule has 4 rings (SSSR count). The van der Waals surface area contributed by atoms with Crippen LogP contribution in [0.15, 0.2) is 66.9 Å². The number of nitrogens with one attached hydrogen (secondary N) is 1. The van der Waals surface area contributed by atoms with Crippen molar-refractivity contribution in [1.29, 1.82) is 0 Å². The summed E-state index contributed by atoms with van der Waals surface area (Å²) in [5.41, 5.74) is 7.10. The number of hydrogen-bond acceptors (Lipinski definition) is 2. The summed E-state index contributed by atoms with van der Waals surface area (Å²) in [5, 5.41) is 3.51. The lowest BCUT2D eigenvalue weighted by molar-refractivity contribution is 1.12. The predicted molar refractivity (Wildman–Crippen MR) is 82.2 cm³/mol. The zero-order valence-electron chi connectivity index (χ0n) is 11.0. The standard InChI is InChI=1S/C18H14N2/c1-2-6-13(7-3-1)17-11-18-15(12-19-17)10-14-8-4-5-9-16(14)20-18/h1-9,11-12,20H,10H2. The summed E-state index contributed by atoms with van der Waals surface area (Å²) in [6, 6.07) is 20.9. The van der Waals surface area contributed by atoms with E-state index in [0.717, 1.165) is 23.4 Å². The lowest BCUT2D eigenvalue weighted by Crippen LogP contribution is -2.07. The Kier molecular flexibility index (Phi) is 2.52. The molecule has 0 atom stereocenters. The maximum atomic E-state index is 4.60. The van der Waals surface area contributed by atoms with Gasteiger partial charge < -0.3 is 5.32 Å². The van der Waals surface area contributed by atoms with Gasteiger partial charge in [0.25, 0.3) is 0 Å². The number of pyridine rings is 1. The average molecular weight is 258 g/mol. The van der Waals surface area contributed by atoms with Crippen molar-refractivity contribution in [1.82, 2.24) is 4.98 Å². The number of fused-ring (bicyclic) bond motifs is 2. The van der Waals surface area contributed by atoms with Crippen LogP contribution in [0.3, 0.4) is 0 Å². The Bertz CT molecular complexity index is 763. The number of rotatable bonds is 1. The molecule has 0 saturated heterocycles. The molecule has 1 aliphatic rings. The van der Waals surface area contributed by atoms with Gasteiger partial charge in [0, 0.05) is 29.6 Å². The molecule has 3 aromatic rings. The number of aromatic nitrogens is 1. The number of benzene rings is 2. The minimum atomic E-state index is 0.945. The van der Waals surface area contributed by atoms with E-state index in [4.69, 9.17) is 0 Å². The molecule has 0 unspecified atom stereocenters. The number of hydrogen-bond donors (Lipinski definition) is 1. The third-order valence-electron chi connectivity index (χ3n) is 3.72. The van der Waals surface area contributed by atoms with Crippen molar-refractivity contribution in [3.05, 3.63) is 78.0 Å². The monoisotopic (exact) mass is 258 g/mol. The quantitative estimate of drug-likeness (QED) is 0.547. The zero-order chi connectivity index (χ0) is 13.4. The summed E-state index contributed by atoms with van der Waals surface area (Å²) in [6.07, 6.45) is 2.93. The second-order valence-corrected chi connectivity index (χ2v) is 5.05. The van der Waals surface area contributed by atoms with Crippen LogP contribution in [0.2, 0.25) is 0 Å². The molecule has 20 heavy (non-hydrogen) atoms. The summed E-state index contributed by atoms with van der Waals surface area (Å²) in [5.74, 6) is 0. The highest BCUT2D eigenvalue weighted by molar-refractivity contribution is 5.75. The summed E-state index contributed by atoms with van der Waals surface area (Å²) < 4.78 is 0.